The molecule has 0 fully saturated rings. The summed E-state index contributed by atoms with van der Waals surface area (Å²) < 4.78 is 10.5. The molecule has 0 saturated carbocycles. The number of rotatable bonds is 6. The minimum absolute atomic E-state index is 0.279. The summed E-state index contributed by atoms with van der Waals surface area (Å²) in [6, 6.07) is 8.39. The molecule has 9 heteroatoms. The van der Waals surface area contributed by atoms with Crippen molar-refractivity contribution in [2.45, 2.75) is 0 Å². The SMILES string of the molecule is COc1cc2c(Nc3ccc(Cl)c(Cl)c3)ncnc2cc1OCC(=O)O. The monoisotopic (exact) mass is 393 g/mol. The van der Waals surface area contributed by atoms with Crippen LogP contribution in [0.5, 0.6) is 11.5 Å². The summed E-state index contributed by atoms with van der Waals surface area (Å²) in [7, 11) is 1.46. The van der Waals surface area contributed by atoms with E-state index in [0.29, 0.717) is 38.2 Å². The van der Waals surface area contributed by atoms with E-state index in [9.17, 15) is 4.79 Å². The van der Waals surface area contributed by atoms with Crippen molar-refractivity contribution < 1.29 is 19.4 Å². The van der Waals surface area contributed by atoms with Crippen molar-refractivity contribution in [3.63, 3.8) is 0 Å². The molecule has 0 atom stereocenters. The van der Waals surface area contributed by atoms with Crippen molar-refractivity contribution in [3.05, 3.63) is 46.7 Å². The predicted octanol–water partition coefficient (Wildman–Crippen LogP) is 4.15. The number of methoxy groups -OCH3 is 1. The van der Waals surface area contributed by atoms with Gasteiger partial charge in [-0.25, -0.2) is 14.8 Å². The molecule has 7 nitrogen and oxygen atoms in total. The Morgan fingerprint density at radius 2 is 1.96 bits per heavy atom. The van der Waals surface area contributed by atoms with Crippen LogP contribution in [0.25, 0.3) is 10.9 Å². The van der Waals surface area contributed by atoms with Gasteiger partial charge in [0.1, 0.15) is 12.1 Å². The third kappa shape index (κ3) is 3.89. The van der Waals surface area contributed by atoms with Gasteiger partial charge in [-0.1, -0.05) is 23.2 Å². The molecule has 134 valence electrons. The Bertz CT molecular complexity index is 982. The zero-order valence-corrected chi connectivity index (χ0v) is 15.0. The van der Waals surface area contributed by atoms with Gasteiger partial charge in [0.15, 0.2) is 18.1 Å². The number of aromatic nitrogens is 2. The average molecular weight is 394 g/mol. The first-order valence-electron chi connectivity index (χ1n) is 7.37. The third-order valence-electron chi connectivity index (χ3n) is 3.45. The molecule has 0 bridgehead atoms. The van der Waals surface area contributed by atoms with Crippen molar-refractivity contribution in [2.24, 2.45) is 0 Å². The van der Waals surface area contributed by atoms with Crippen molar-refractivity contribution in [1.29, 1.82) is 0 Å². The minimum atomic E-state index is -1.09. The first-order valence-corrected chi connectivity index (χ1v) is 8.13. The fraction of sp³-hybridized carbons (Fsp3) is 0.118. The Hall–Kier alpha value is -2.77. The fourth-order valence-corrected chi connectivity index (χ4v) is 2.58. The lowest BCUT2D eigenvalue weighted by molar-refractivity contribution is -0.139. The lowest BCUT2D eigenvalue weighted by Gasteiger charge is -2.13. The third-order valence-corrected chi connectivity index (χ3v) is 4.19. The molecular weight excluding hydrogens is 381 g/mol. The van der Waals surface area contributed by atoms with Gasteiger partial charge in [0.05, 0.1) is 22.7 Å². The van der Waals surface area contributed by atoms with Crippen molar-refractivity contribution in [3.8, 4) is 11.5 Å². The summed E-state index contributed by atoms with van der Waals surface area (Å²) in [5, 5.41) is 13.5. The highest BCUT2D eigenvalue weighted by molar-refractivity contribution is 6.42. The van der Waals surface area contributed by atoms with Gasteiger partial charge in [-0.05, 0) is 24.3 Å². The zero-order chi connectivity index (χ0) is 18.7. The molecule has 3 rings (SSSR count). The lowest BCUT2D eigenvalue weighted by Crippen LogP contribution is -2.10. The number of carboxylic acids is 1. The molecule has 0 aliphatic carbocycles. The van der Waals surface area contributed by atoms with E-state index in [1.54, 1.807) is 30.3 Å². The number of benzene rings is 2. The first kappa shape index (κ1) is 18.0. The van der Waals surface area contributed by atoms with E-state index in [1.165, 1.54) is 13.4 Å². The Labute approximate surface area is 158 Å². The predicted molar refractivity (Wildman–Crippen MR) is 99.0 cm³/mol. The van der Waals surface area contributed by atoms with Crippen molar-refractivity contribution in [2.75, 3.05) is 19.0 Å². The molecule has 0 unspecified atom stereocenters. The van der Waals surface area contributed by atoms with E-state index in [-0.39, 0.29) is 5.75 Å². The highest BCUT2D eigenvalue weighted by atomic mass is 35.5. The van der Waals surface area contributed by atoms with Gasteiger partial charge >= 0.3 is 5.97 Å². The van der Waals surface area contributed by atoms with E-state index in [4.69, 9.17) is 37.8 Å². The second-order valence-electron chi connectivity index (χ2n) is 5.18. The zero-order valence-electron chi connectivity index (χ0n) is 13.5. The Morgan fingerprint density at radius 1 is 1.15 bits per heavy atom. The van der Waals surface area contributed by atoms with Crippen LogP contribution in [0.15, 0.2) is 36.7 Å². The van der Waals surface area contributed by atoms with Gasteiger partial charge in [0.2, 0.25) is 0 Å². The molecule has 0 aliphatic rings. The van der Waals surface area contributed by atoms with Crippen LogP contribution in [-0.4, -0.2) is 34.8 Å². The van der Waals surface area contributed by atoms with Crippen molar-refractivity contribution >= 4 is 51.6 Å². The van der Waals surface area contributed by atoms with Crippen LogP contribution in [0.3, 0.4) is 0 Å². The van der Waals surface area contributed by atoms with E-state index < -0.39 is 12.6 Å². The molecular formula is C17H13Cl2N3O4. The van der Waals surface area contributed by atoms with Crippen LogP contribution in [0.4, 0.5) is 11.5 Å². The number of ether oxygens (including phenoxy) is 2. The first-order chi connectivity index (χ1) is 12.5. The highest BCUT2D eigenvalue weighted by Gasteiger charge is 2.13. The molecule has 2 aromatic carbocycles. The number of hydrogen-bond donors (Lipinski definition) is 2. The van der Waals surface area contributed by atoms with Crippen LogP contribution in [0.1, 0.15) is 0 Å². The standard InChI is InChI=1S/C17H13Cl2N3O4/c1-25-14-5-10-13(6-15(14)26-7-16(23)24)20-8-21-17(10)22-9-2-3-11(18)12(19)4-9/h2-6,8H,7H2,1H3,(H,23,24)(H,20,21,22). The molecule has 2 N–H and O–H groups in total. The summed E-state index contributed by atoms with van der Waals surface area (Å²) >= 11 is 12.0. The quantitative estimate of drug-likeness (QED) is 0.649. The van der Waals surface area contributed by atoms with E-state index in [0.717, 1.165) is 0 Å². The number of fused-ring (bicyclic) bond motifs is 1. The number of hydrogen-bond acceptors (Lipinski definition) is 6. The van der Waals surface area contributed by atoms with Gasteiger partial charge in [0, 0.05) is 17.1 Å². The van der Waals surface area contributed by atoms with Crippen LogP contribution in [-0.2, 0) is 4.79 Å². The van der Waals surface area contributed by atoms with Gasteiger partial charge in [0.25, 0.3) is 0 Å². The van der Waals surface area contributed by atoms with Gasteiger partial charge < -0.3 is 19.9 Å². The number of carbonyl (C=O) groups is 1. The molecule has 0 spiro atoms. The maximum absolute atomic E-state index is 10.7. The number of halogens is 2. The lowest BCUT2D eigenvalue weighted by atomic mass is 10.2. The Morgan fingerprint density at radius 3 is 2.65 bits per heavy atom. The van der Waals surface area contributed by atoms with Crippen LogP contribution >= 0.6 is 23.2 Å². The topological polar surface area (TPSA) is 93.6 Å². The fourth-order valence-electron chi connectivity index (χ4n) is 2.29. The second-order valence-corrected chi connectivity index (χ2v) is 5.99. The summed E-state index contributed by atoms with van der Waals surface area (Å²) in [6.07, 6.45) is 1.38. The molecule has 0 aliphatic heterocycles. The Kier molecular flexibility index (Phi) is 5.29. The second kappa shape index (κ2) is 7.63. The summed E-state index contributed by atoms with van der Waals surface area (Å²) in [5.41, 5.74) is 1.26. The molecule has 0 saturated heterocycles. The number of carboxylic acid groups (broad SMARTS) is 1. The number of nitrogens with one attached hydrogen (secondary N) is 1. The van der Waals surface area contributed by atoms with Crippen LogP contribution in [0, 0.1) is 0 Å². The summed E-state index contributed by atoms with van der Waals surface area (Å²) in [5.74, 6) is 0.0839. The number of nitrogens with zero attached hydrogens (tertiary/aromatic N) is 2. The average Bonchev–Trinajstić information content (AvgIpc) is 2.62. The van der Waals surface area contributed by atoms with Crippen LogP contribution < -0.4 is 14.8 Å². The Balaban J connectivity index is 2.01. The molecule has 1 heterocycles. The normalized spacial score (nSPS) is 10.6. The van der Waals surface area contributed by atoms with Crippen molar-refractivity contribution in [1.82, 2.24) is 9.97 Å². The number of aliphatic carboxylic acids is 1. The molecule has 26 heavy (non-hydrogen) atoms. The van der Waals surface area contributed by atoms with Gasteiger partial charge in [-0.2, -0.15) is 0 Å². The smallest absolute Gasteiger partial charge is 0.341 e. The number of anilines is 2. The molecule has 0 radical (unpaired) electrons. The van der Waals surface area contributed by atoms with E-state index in [1.807, 2.05) is 0 Å². The maximum Gasteiger partial charge on any atom is 0.341 e. The summed E-state index contributed by atoms with van der Waals surface area (Å²) in [6.45, 7) is -0.485. The molecule has 3 aromatic rings. The van der Waals surface area contributed by atoms with Gasteiger partial charge in [-0.3, -0.25) is 0 Å². The van der Waals surface area contributed by atoms with E-state index in [2.05, 4.69) is 15.3 Å². The van der Waals surface area contributed by atoms with Crippen LogP contribution in [0.2, 0.25) is 10.0 Å². The minimum Gasteiger partial charge on any atom is -0.493 e. The van der Waals surface area contributed by atoms with E-state index >= 15 is 0 Å². The van der Waals surface area contributed by atoms with Gasteiger partial charge in [-0.15, -0.1) is 0 Å². The molecule has 1 aromatic heterocycles. The maximum atomic E-state index is 10.7. The summed E-state index contributed by atoms with van der Waals surface area (Å²) in [4.78, 5) is 19.2. The highest BCUT2D eigenvalue weighted by Crippen LogP contribution is 2.35. The largest absolute Gasteiger partial charge is 0.493 e. The molecule has 0 amide bonds.